The molecule has 3 nitrogen and oxygen atoms in total. The molecule has 0 unspecified atom stereocenters. The summed E-state index contributed by atoms with van der Waals surface area (Å²) >= 11 is 6.06. The second-order valence-electron chi connectivity index (χ2n) is 4.56. The first-order valence-corrected chi connectivity index (χ1v) is 6.68. The van der Waals surface area contributed by atoms with Crippen molar-refractivity contribution in [3.8, 4) is 11.8 Å². The molecule has 0 bridgehead atoms. The molecule has 0 saturated heterocycles. The van der Waals surface area contributed by atoms with Gasteiger partial charge < -0.3 is 9.84 Å². The molecule has 0 spiro atoms. The summed E-state index contributed by atoms with van der Waals surface area (Å²) < 4.78 is 18.8. The zero-order valence-electron chi connectivity index (χ0n) is 11.3. The number of nitriles is 1. The van der Waals surface area contributed by atoms with Crippen LogP contribution in [0.3, 0.4) is 0 Å². The molecule has 21 heavy (non-hydrogen) atoms. The number of benzene rings is 2. The zero-order chi connectivity index (χ0) is 15.4. The molecule has 0 amide bonds. The Morgan fingerprint density at radius 1 is 1.33 bits per heavy atom. The average Bonchev–Trinajstić information content (AvgIpc) is 2.46. The van der Waals surface area contributed by atoms with Gasteiger partial charge in [0.15, 0.2) is 0 Å². The molecule has 2 rings (SSSR count). The molecule has 2 aromatic carbocycles. The zero-order valence-corrected chi connectivity index (χ0v) is 12.1. The second-order valence-corrected chi connectivity index (χ2v) is 4.97. The molecule has 0 radical (unpaired) electrons. The summed E-state index contributed by atoms with van der Waals surface area (Å²) in [6.45, 7) is 1.70. The maximum atomic E-state index is 13.2. The van der Waals surface area contributed by atoms with Crippen LogP contribution in [0.4, 0.5) is 4.39 Å². The van der Waals surface area contributed by atoms with Crippen molar-refractivity contribution < 1.29 is 14.2 Å². The standard InChI is InChI=1S/C16H13ClFNO2/c1-10(20)14-7-13(18)4-5-16(14)21-9-12-3-2-11(8-19)6-15(12)17/h2-7,10,20H,9H2,1H3/t10-/m1/s1. The van der Waals surface area contributed by atoms with E-state index in [1.54, 1.807) is 18.2 Å². The number of hydrogen-bond donors (Lipinski definition) is 1. The van der Waals surface area contributed by atoms with Crippen LogP contribution in [-0.2, 0) is 6.61 Å². The first-order chi connectivity index (χ1) is 10.0. The number of rotatable bonds is 4. The molecular formula is C16H13ClFNO2. The van der Waals surface area contributed by atoms with Crippen LogP contribution < -0.4 is 4.74 Å². The molecule has 2 aromatic rings. The summed E-state index contributed by atoms with van der Waals surface area (Å²) in [6, 6.07) is 10.9. The summed E-state index contributed by atoms with van der Waals surface area (Å²) in [6.07, 6.45) is -0.841. The highest BCUT2D eigenvalue weighted by Crippen LogP contribution is 2.27. The smallest absolute Gasteiger partial charge is 0.125 e. The van der Waals surface area contributed by atoms with Crippen LogP contribution in [0.15, 0.2) is 36.4 Å². The molecule has 0 aliphatic heterocycles. The Bertz CT molecular complexity index is 695. The number of halogens is 2. The Hall–Kier alpha value is -2.09. The Kier molecular flexibility index (Phi) is 4.79. The van der Waals surface area contributed by atoms with Crippen molar-refractivity contribution in [2.75, 3.05) is 0 Å². The first-order valence-electron chi connectivity index (χ1n) is 6.30. The van der Waals surface area contributed by atoms with Gasteiger partial charge >= 0.3 is 0 Å². The van der Waals surface area contributed by atoms with E-state index < -0.39 is 11.9 Å². The van der Waals surface area contributed by atoms with E-state index in [0.717, 1.165) is 0 Å². The van der Waals surface area contributed by atoms with Gasteiger partial charge in [0.05, 0.1) is 17.7 Å². The summed E-state index contributed by atoms with van der Waals surface area (Å²) in [5.74, 6) is -0.0403. The highest BCUT2D eigenvalue weighted by atomic mass is 35.5. The van der Waals surface area contributed by atoms with Crippen molar-refractivity contribution >= 4 is 11.6 Å². The maximum absolute atomic E-state index is 13.2. The largest absolute Gasteiger partial charge is 0.488 e. The molecule has 0 saturated carbocycles. The second kappa shape index (κ2) is 6.57. The number of aliphatic hydroxyl groups excluding tert-OH is 1. The van der Waals surface area contributed by atoms with E-state index >= 15 is 0 Å². The fourth-order valence-corrected chi connectivity index (χ4v) is 2.10. The third kappa shape index (κ3) is 3.72. The van der Waals surface area contributed by atoms with Crippen LogP contribution in [-0.4, -0.2) is 5.11 Å². The topological polar surface area (TPSA) is 53.2 Å². The van der Waals surface area contributed by atoms with Crippen LogP contribution in [0.2, 0.25) is 5.02 Å². The normalized spacial score (nSPS) is 11.8. The van der Waals surface area contributed by atoms with Crippen molar-refractivity contribution in [1.29, 1.82) is 5.26 Å². The SMILES string of the molecule is C[C@@H](O)c1cc(F)ccc1OCc1ccc(C#N)cc1Cl. The number of ether oxygens (including phenoxy) is 1. The van der Waals surface area contributed by atoms with Crippen molar-refractivity contribution in [3.05, 3.63) is 63.9 Å². The van der Waals surface area contributed by atoms with E-state index in [-0.39, 0.29) is 6.61 Å². The van der Waals surface area contributed by atoms with Gasteiger partial charge in [-0.25, -0.2) is 4.39 Å². The highest BCUT2D eigenvalue weighted by molar-refractivity contribution is 6.31. The van der Waals surface area contributed by atoms with E-state index in [1.807, 2.05) is 6.07 Å². The van der Waals surface area contributed by atoms with Crippen LogP contribution in [0.5, 0.6) is 5.75 Å². The number of hydrogen-bond acceptors (Lipinski definition) is 3. The van der Waals surface area contributed by atoms with E-state index in [0.29, 0.717) is 27.5 Å². The molecule has 1 N–H and O–H groups in total. The van der Waals surface area contributed by atoms with Gasteiger partial charge in [0.1, 0.15) is 18.2 Å². The van der Waals surface area contributed by atoms with Gasteiger partial charge in [0, 0.05) is 16.1 Å². The van der Waals surface area contributed by atoms with Crippen molar-refractivity contribution in [3.63, 3.8) is 0 Å². The van der Waals surface area contributed by atoms with Crippen molar-refractivity contribution in [2.24, 2.45) is 0 Å². The summed E-state index contributed by atoms with van der Waals surface area (Å²) in [7, 11) is 0. The number of aliphatic hydroxyl groups is 1. The Labute approximate surface area is 127 Å². The van der Waals surface area contributed by atoms with E-state index in [4.69, 9.17) is 21.6 Å². The van der Waals surface area contributed by atoms with Gasteiger partial charge in [0.2, 0.25) is 0 Å². The summed E-state index contributed by atoms with van der Waals surface area (Å²) in [5.41, 5.74) is 1.55. The third-order valence-corrected chi connectivity index (χ3v) is 3.34. The number of nitrogens with zero attached hydrogens (tertiary/aromatic N) is 1. The van der Waals surface area contributed by atoms with E-state index in [2.05, 4.69) is 0 Å². The fourth-order valence-electron chi connectivity index (χ4n) is 1.87. The van der Waals surface area contributed by atoms with Gasteiger partial charge in [0.25, 0.3) is 0 Å². The Morgan fingerprint density at radius 3 is 2.71 bits per heavy atom. The minimum Gasteiger partial charge on any atom is -0.488 e. The molecule has 108 valence electrons. The third-order valence-electron chi connectivity index (χ3n) is 2.99. The van der Waals surface area contributed by atoms with Gasteiger partial charge in [-0.15, -0.1) is 0 Å². The van der Waals surface area contributed by atoms with E-state index in [1.165, 1.54) is 25.1 Å². The van der Waals surface area contributed by atoms with Gasteiger partial charge in [-0.3, -0.25) is 0 Å². The molecule has 1 atom stereocenters. The van der Waals surface area contributed by atoms with Gasteiger partial charge in [-0.05, 0) is 37.3 Å². The maximum Gasteiger partial charge on any atom is 0.125 e. The lowest BCUT2D eigenvalue weighted by molar-refractivity contribution is 0.189. The highest BCUT2D eigenvalue weighted by Gasteiger charge is 2.11. The Balaban J connectivity index is 2.19. The fraction of sp³-hybridized carbons (Fsp3) is 0.188. The Morgan fingerprint density at radius 2 is 2.10 bits per heavy atom. The molecule has 5 heteroatoms. The van der Waals surface area contributed by atoms with Crippen LogP contribution in [0.1, 0.15) is 29.7 Å². The van der Waals surface area contributed by atoms with Crippen LogP contribution in [0, 0.1) is 17.1 Å². The monoisotopic (exact) mass is 305 g/mol. The lowest BCUT2D eigenvalue weighted by atomic mass is 10.1. The van der Waals surface area contributed by atoms with Crippen LogP contribution in [0.25, 0.3) is 0 Å². The van der Waals surface area contributed by atoms with Crippen LogP contribution >= 0.6 is 11.6 Å². The lowest BCUT2D eigenvalue weighted by Gasteiger charge is -2.14. The first kappa shape index (κ1) is 15.3. The van der Waals surface area contributed by atoms with Crippen molar-refractivity contribution in [1.82, 2.24) is 0 Å². The van der Waals surface area contributed by atoms with Crippen molar-refractivity contribution in [2.45, 2.75) is 19.6 Å². The quantitative estimate of drug-likeness (QED) is 0.929. The van der Waals surface area contributed by atoms with Gasteiger partial charge in [-0.1, -0.05) is 17.7 Å². The lowest BCUT2D eigenvalue weighted by Crippen LogP contribution is -2.02. The predicted molar refractivity (Wildman–Crippen MR) is 77.5 cm³/mol. The summed E-state index contributed by atoms with van der Waals surface area (Å²) in [5, 5.41) is 18.8. The van der Waals surface area contributed by atoms with E-state index in [9.17, 15) is 9.50 Å². The minimum absolute atomic E-state index is 0.163. The van der Waals surface area contributed by atoms with Gasteiger partial charge in [-0.2, -0.15) is 5.26 Å². The minimum atomic E-state index is -0.841. The molecule has 0 heterocycles. The average molecular weight is 306 g/mol. The molecule has 0 fully saturated rings. The molecular weight excluding hydrogens is 293 g/mol. The predicted octanol–water partition coefficient (Wildman–Crippen LogP) is 3.98. The molecule has 0 aliphatic carbocycles. The molecule has 0 aliphatic rings. The molecule has 0 aromatic heterocycles. The summed E-state index contributed by atoms with van der Waals surface area (Å²) in [4.78, 5) is 0.